The van der Waals surface area contributed by atoms with Gasteiger partial charge in [0.2, 0.25) is 0 Å². The fourth-order valence-corrected chi connectivity index (χ4v) is 2.18. The molecule has 18 heavy (non-hydrogen) atoms. The molecule has 0 amide bonds. The predicted octanol–water partition coefficient (Wildman–Crippen LogP) is 2.84. The Morgan fingerprint density at radius 1 is 1.17 bits per heavy atom. The van der Waals surface area contributed by atoms with Crippen molar-refractivity contribution in [3.63, 3.8) is 0 Å². The van der Waals surface area contributed by atoms with Crippen molar-refractivity contribution in [2.45, 2.75) is 33.1 Å². The van der Waals surface area contributed by atoms with E-state index >= 15 is 0 Å². The van der Waals surface area contributed by atoms with Gasteiger partial charge in [-0.25, -0.2) is 4.98 Å². The highest BCUT2D eigenvalue weighted by atomic mass is 14.9. The summed E-state index contributed by atoms with van der Waals surface area (Å²) in [6.07, 6.45) is 3.12. The maximum Gasteiger partial charge on any atom is 0.108 e. The van der Waals surface area contributed by atoms with E-state index in [0.717, 1.165) is 30.1 Å². The Kier molecular flexibility index (Phi) is 4.15. The summed E-state index contributed by atoms with van der Waals surface area (Å²) in [7, 11) is 0. The number of nitrogens with one attached hydrogen (secondary N) is 1. The molecule has 0 fully saturated rings. The second-order valence-electron chi connectivity index (χ2n) is 4.64. The molecule has 0 aliphatic rings. The normalized spacial score (nSPS) is 10.8. The van der Waals surface area contributed by atoms with E-state index in [0.29, 0.717) is 6.54 Å². The lowest BCUT2D eigenvalue weighted by Crippen LogP contribution is -2.03. The molecule has 0 spiro atoms. The van der Waals surface area contributed by atoms with Gasteiger partial charge >= 0.3 is 0 Å². The number of aryl methyl sites for hydroxylation is 2. The number of hydrogen-bond donors (Lipinski definition) is 2. The van der Waals surface area contributed by atoms with Crippen molar-refractivity contribution in [3.8, 4) is 11.3 Å². The fraction of sp³-hybridized carbons (Fsp3) is 0.400. The van der Waals surface area contributed by atoms with Crippen molar-refractivity contribution in [1.82, 2.24) is 9.97 Å². The first-order chi connectivity index (χ1) is 8.74. The number of nitrogens with zero attached hydrogens (tertiary/aromatic N) is 1. The Morgan fingerprint density at radius 2 is 1.89 bits per heavy atom. The molecular formula is C15H21N3. The van der Waals surface area contributed by atoms with Crippen molar-refractivity contribution < 1.29 is 0 Å². The van der Waals surface area contributed by atoms with Gasteiger partial charge < -0.3 is 10.7 Å². The first-order valence-corrected chi connectivity index (χ1v) is 6.59. The molecule has 0 bridgehead atoms. The van der Waals surface area contributed by atoms with Crippen LogP contribution in [-0.2, 0) is 12.8 Å². The van der Waals surface area contributed by atoms with E-state index in [2.05, 4.69) is 48.1 Å². The zero-order valence-electron chi connectivity index (χ0n) is 11.2. The number of aromatic nitrogens is 2. The Hall–Kier alpha value is -1.61. The number of imidazole rings is 1. The van der Waals surface area contributed by atoms with E-state index < -0.39 is 0 Å². The van der Waals surface area contributed by atoms with Gasteiger partial charge in [-0.15, -0.1) is 0 Å². The summed E-state index contributed by atoms with van der Waals surface area (Å²) >= 11 is 0. The van der Waals surface area contributed by atoms with Crippen LogP contribution in [-0.4, -0.2) is 16.5 Å². The van der Waals surface area contributed by atoms with Crippen LogP contribution in [0, 0.1) is 6.92 Å². The highest BCUT2D eigenvalue weighted by molar-refractivity contribution is 5.62. The number of H-pyrrole nitrogens is 1. The molecule has 3 heteroatoms. The number of rotatable bonds is 5. The second kappa shape index (κ2) is 5.83. The quantitative estimate of drug-likeness (QED) is 0.848. The molecule has 0 saturated heterocycles. The van der Waals surface area contributed by atoms with Gasteiger partial charge in [-0.05, 0) is 25.5 Å². The summed E-state index contributed by atoms with van der Waals surface area (Å²) in [5.74, 6) is 0.975. The molecular weight excluding hydrogens is 222 g/mol. The van der Waals surface area contributed by atoms with Crippen molar-refractivity contribution >= 4 is 0 Å². The highest BCUT2D eigenvalue weighted by Gasteiger charge is 2.08. The monoisotopic (exact) mass is 243 g/mol. The fourth-order valence-electron chi connectivity index (χ4n) is 2.18. The topological polar surface area (TPSA) is 54.7 Å². The van der Waals surface area contributed by atoms with E-state index in [1.54, 1.807) is 0 Å². The van der Waals surface area contributed by atoms with Crippen molar-refractivity contribution in [2.24, 2.45) is 5.73 Å². The van der Waals surface area contributed by atoms with E-state index in [-0.39, 0.29) is 0 Å². The molecule has 1 aromatic carbocycles. The second-order valence-corrected chi connectivity index (χ2v) is 4.64. The average molecular weight is 243 g/mol. The summed E-state index contributed by atoms with van der Waals surface area (Å²) in [4.78, 5) is 7.90. The molecule has 3 N–H and O–H groups in total. The maximum absolute atomic E-state index is 5.55. The Morgan fingerprint density at radius 3 is 2.50 bits per heavy atom. The van der Waals surface area contributed by atoms with Crippen molar-refractivity contribution in [3.05, 3.63) is 41.3 Å². The van der Waals surface area contributed by atoms with Crippen LogP contribution in [0.5, 0.6) is 0 Å². The standard InChI is InChI=1S/C15H21N3/c1-3-4-12-5-7-13(8-6-12)15-11(2)17-14(18-15)9-10-16/h5-8H,3-4,9-10,16H2,1-2H3,(H,17,18). The lowest BCUT2D eigenvalue weighted by Gasteiger charge is -2.01. The Labute approximate surface area is 108 Å². The molecule has 3 nitrogen and oxygen atoms in total. The van der Waals surface area contributed by atoms with Crippen LogP contribution in [0.15, 0.2) is 24.3 Å². The zero-order chi connectivity index (χ0) is 13.0. The molecule has 2 aromatic rings. The van der Waals surface area contributed by atoms with Crippen LogP contribution in [0.1, 0.15) is 30.4 Å². The molecule has 0 aliphatic heterocycles. The molecule has 0 atom stereocenters. The smallest absolute Gasteiger partial charge is 0.108 e. The van der Waals surface area contributed by atoms with Gasteiger partial charge in [0, 0.05) is 17.7 Å². The summed E-state index contributed by atoms with van der Waals surface area (Å²) in [6.45, 7) is 4.88. The van der Waals surface area contributed by atoms with Gasteiger partial charge in [-0.3, -0.25) is 0 Å². The summed E-state index contributed by atoms with van der Waals surface area (Å²) in [5, 5.41) is 0. The molecule has 2 rings (SSSR count). The molecule has 0 unspecified atom stereocenters. The van der Waals surface area contributed by atoms with Gasteiger partial charge in [-0.2, -0.15) is 0 Å². The van der Waals surface area contributed by atoms with Crippen LogP contribution in [0.4, 0.5) is 0 Å². The van der Waals surface area contributed by atoms with Gasteiger partial charge in [0.25, 0.3) is 0 Å². The van der Waals surface area contributed by atoms with Crippen LogP contribution >= 0.6 is 0 Å². The lowest BCUT2D eigenvalue weighted by atomic mass is 10.1. The number of hydrogen-bond acceptors (Lipinski definition) is 2. The number of benzene rings is 1. The van der Waals surface area contributed by atoms with Gasteiger partial charge in [-0.1, -0.05) is 37.6 Å². The van der Waals surface area contributed by atoms with Crippen molar-refractivity contribution in [2.75, 3.05) is 6.54 Å². The van der Waals surface area contributed by atoms with Crippen LogP contribution in [0.2, 0.25) is 0 Å². The molecule has 0 saturated carbocycles. The molecule has 1 aromatic heterocycles. The van der Waals surface area contributed by atoms with E-state index in [1.807, 2.05) is 0 Å². The SMILES string of the molecule is CCCc1ccc(-c2nc(CCN)[nH]c2C)cc1. The third-order valence-corrected chi connectivity index (χ3v) is 3.08. The summed E-state index contributed by atoms with van der Waals surface area (Å²) in [6, 6.07) is 8.69. The minimum atomic E-state index is 0.627. The third kappa shape index (κ3) is 2.79. The van der Waals surface area contributed by atoms with Crippen molar-refractivity contribution in [1.29, 1.82) is 0 Å². The van der Waals surface area contributed by atoms with E-state index in [1.165, 1.54) is 17.5 Å². The first kappa shape index (κ1) is 12.8. The number of aromatic amines is 1. The van der Waals surface area contributed by atoms with E-state index in [9.17, 15) is 0 Å². The molecule has 96 valence electrons. The predicted molar refractivity (Wildman–Crippen MR) is 75.5 cm³/mol. The lowest BCUT2D eigenvalue weighted by molar-refractivity contribution is 0.891. The van der Waals surface area contributed by atoms with Crippen LogP contribution in [0.3, 0.4) is 0 Å². The van der Waals surface area contributed by atoms with E-state index in [4.69, 9.17) is 5.73 Å². The third-order valence-electron chi connectivity index (χ3n) is 3.08. The Balaban J connectivity index is 2.24. The maximum atomic E-state index is 5.55. The molecule has 0 radical (unpaired) electrons. The minimum absolute atomic E-state index is 0.627. The zero-order valence-corrected chi connectivity index (χ0v) is 11.2. The number of nitrogens with two attached hydrogens (primary N) is 1. The molecule has 0 aliphatic carbocycles. The average Bonchev–Trinajstić information content (AvgIpc) is 2.72. The summed E-state index contributed by atoms with van der Waals surface area (Å²) < 4.78 is 0. The van der Waals surface area contributed by atoms with Gasteiger partial charge in [0.15, 0.2) is 0 Å². The minimum Gasteiger partial charge on any atom is -0.346 e. The largest absolute Gasteiger partial charge is 0.346 e. The van der Waals surface area contributed by atoms with Gasteiger partial charge in [0.05, 0.1) is 5.69 Å². The van der Waals surface area contributed by atoms with Gasteiger partial charge in [0.1, 0.15) is 5.82 Å². The molecule has 1 heterocycles. The highest BCUT2D eigenvalue weighted by Crippen LogP contribution is 2.22. The van der Waals surface area contributed by atoms with Crippen LogP contribution < -0.4 is 5.73 Å². The van der Waals surface area contributed by atoms with Crippen LogP contribution in [0.25, 0.3) is 11.3 Å². The summed E-state index contributed by atoms with van der Waals surface area (Å²) in [5.41, 5.74) is 10.3. The first-order valence-electron chi connectivity index (χ1n) is 6.59. The Bertz CT molecular complexity index is 497.